The van der Waals surface area contributed by atoms with Crippen LogP contribution in [0.3, 0.4) is 0 Å². The lowest BCUT2D eigenvalue weighted by molar-refractivity contribution is 0.251. The summed E-state index contributed by atoms with van der Waals surface area (Å²) in [7, 11) is -3.17. The Labute approximate surface area is 91.6 Å². The van der Waals surface area contributed by atoms with Crippen LogP contribution in [-0.2, 0) is 10.2 Å². The van der Waals surface area contributed by atoms with Crippen LogP contribution in [0.25, 0.3) is 0 Å². The lowest BCUT2D eigenvalue weighted by atomic mass is 10.2. The molecule has 0 aromatic rings. The van der Waals surface area contributed by atoms with Gasteiger partial charge in [0.15, 0.2) is 0 Å². The molecule has 2 rings (SSSR count). The molecule has 0 amide bonds. The maximum atomic E-state index is 12.2. The van der Waals surface area contributed by atoms with Crippen LogP contribution in [-0.4, -0.2) is 55.8 Å². The van der Waals surface area contributed by atoms with E-state index in [1.165, 1.54) is 0 Å². The van der Waals surface area contributed by atoms with E-state index in [1.807, 2.05) is 6.92 Å². The maximum absolute atomic E-state index is 12.2. The van der Waals surface area contributed by atoms with E-state index in [0.717, 1.165) is 25.9 Å². The second kappa shape index (κ2) is 4.37. The minimum atomic E-state index is -3.17. The fraction of sp³-hybridized carbons (Fsp3) is 1.00. The first kappa shape index (κ1) is 11.3. The molecule has 2 saturated heterocycles. The fourth-order valence-corrected chi connectivity index (χ4v) is 4.26. The van der Waals surface area contributed by atoms with E-state index in [9.17, 15) is 8.42 Å². The minimum Gasteiger partial charge on any atom is -0.315 e. The van der Waals surface area contributed by atoms with Crippen molar-refractivity contribution in [2.24, 2.45) is 0 Å². The molecule has 2 heterocycles. The second-order valence-corrected chi connectivity index (χ2v) is 5.99. The van der Waals surface area contributed by atoms with Gasteiger partial charge in [-0.05, 0) is 19.4 Å². The average molecular weight is 233 g/mol. The van der Waals surface area contributed by atoms with Gasteiger partial charge < -0.3 is 5.32 Å². The molecule has 0 aromatic heterocycles. The Morgan fingerprint density at radius 3 is 2.80 bits per heavy atom. The predicted octanol–water partition coefficient (Wildman–Crippen LogP) is -0.379. The van der Waals surface area contributed by atoms with E-state index in [0.29, 0.717) is 19.6 Å². The Morgan fingerprint density at radius 2 is 2.20 bits per heavy atom. The smallest absolute Gasteiger partial charge is 0.282 e. The van der Waals surface area contributed by atoms with Gasteiger partial charge in [-0.3, -0.25) is 0 Å². The zero-order valence-corrected chi connectivity index (χ0v) is 9.96. The number of nitrogens with one attached hydrogen (secondary N) is 1. The van der Waals surface area contributed by atoms with Crippen molar-refractivity contribution in [3.05, 3.63) is 0 Å². The quantitative estimate of drug-likeness (QED) is 0.707. The van der Waals surface area contributed by atoms with Crippen molar-refractivity contribution in [2.45, 2.75) is 25.8 Å². The predicted molar refractivity (Wildman–Crippen MR) is 58.8 cm³/mol. The van der Waals surface area contributed by atoms with Crippen molar-refractivity contribution in [2.75, 3.05) is 32.7 Å². The van der Waals surface area contributed by atoms with E-state index >= 15 is 0 Å². The molecule has 0 spiro atoms. The van der Waals surface area contributed by atoms with Crippen molar-refractivity contribution in [3.8, 4) is 0 Å². The van der Waals surface area contributed by atoms with Crippen molar-refractivity contribution in [3.63, 3.8) is 0 Å². The summed E-state index contributed by atoms with van der Waals surface area (Å²) in [4.78, 5) is 0. The normalized spacial score (nSPS) is 33.3. The number of hydrogen-bond acceptors (Lipinski definition) is 3. The first-order chi connectivity index (χ1) is 7.16. The van der Waals surface area contributed by atoms with Gasteiger partial charge in [-0.1, -0.05) is 6.92 Å². The molecule has 1 N–H and O–H groups in total. The maximum Gasteiger partial charge on any atom is 0.282 e. The molecule has 2 aliphatic heterocycles. The van der Waals surface area contributed by atoms with Gasteiger partial charge in [0, 0.05) is 32.2 Å². The van der Waals surface area contributed by atoms with Crippen LogP contribution in [0.4, 0.5) is 0 Å². The van der Waals surface area contributed by atoms with Gasteiger partial charge in [0.25, 0.3) is 10.2 Å². The summed E-state index contributed by atoms with van der Waals surface area (Å²) in [6, 6.07) is 0.171. The third kappa shape index (κ3) is 2.04. The molecule has 0 aliphatic carbocycles. The summed E-state index contributed by atoms with van der Waals surface area (Å²) in [5.41, 5.74) is 0. The van der Waals surface area contributed by atoms with Crippen LogP contribution in [0.15, 0.2) is 0 Å². The monoisotopic (exact) mass is 233 g/mol. The first-order valence-electron chi connectivity index (χ1n) is 5.64. The van der Waals surface area contributed by atoms with E-state index in [4.69, 9.17) is 0 Å². The Balaban J connectivity index is 2.16. The minimum absolute atomic E-state index is 0.171. The van der Waals surface area contributed by atoms with Gasteiger partial charge in [-0.25, -0.2) is 0 Å². The molecule has 0 saturated carbocycles. The SMILES string of the molecule is CCN1CCCN(C2CCNC2)S1(=O)=O. The largest absolute Gasteiger partial charge is 0.315 e. The molecular weight excluding hydrogens is 214 g/mol. The van der Waals surface area contributed by atoms with Gasteiger partial charge in [0.2, 0.25) is 0 Å². The van der Waals surface area contributed by atoms with Gasteiger partial charge in [-0.15, -0.1) is 0 Å². The lowest BCUT2D eigenvalue weighted by Gasteiger charge is -2.37. The summed E-state index contributed by atoms with van der Waals surface area (Å²) >= 11 is 0. The van der Waals surface area contributed by atoms with Gasteiger partial charge >= 0.3 is 0 Å². The topological polar surface area (TPSA) is 52.6 Å². The Hall–Kier alpha value is -0.170. The van der Waals surface area contributed by atoms with Gasteiger partial charge in [-0.2, -0.15) is 17.0 Å². The molecule has 88 valence electrons. The Morgan fingerprint density at radius 1 is 1.40 bits per heavy atom. The number of nitrogens with zero attached hydrogens (tertiary/aromatic N) is 2. The molecule has 0 radical (unpaired) electrons. The average Bonchev–Trinajstić information content (AvgIpc) is 2.69. The summed E-state index contributed by atoms with van der Waals surface area (Å²) < 4.78 is 27.6. The van der Waals surface area contributed by atoms with Crippen LogP contribution in [0.1, 0.15) is 19.8 Å². The van der Waals surface area contributed by atoms with E-state index in [2.05, 4.69) is 5.32 Å². The van der Waals surface area contributed by atoms with Crippen LogP contribution < -0.4 is 5.32 Å². The highest BCUT2D eigenvalue weighted by molar-refractivity contribution is 7.86. The highest BCUT2D eigenvalue weighted by Crippen LogP contribution is 2.21. The van der Waals surface area contributed by atoms with Crippen molar-refractivity contribution >= 4 is 10.2 Å². The molecule has 0 aromatic carbocycles. The summed E-state index contributed by atoms with van der Waals surface area (Å²) in [5, 5.41) is 3.22. The molecule has 15 heavy (non-hydrogen) atoms. The standard InChI is InChI=1S/C9H19N3O2S/c1-2-11-6-3-7-12(15(11,13)14)9-4-5-10-8-9/h9-10H,2-8H2,1H3. The summed E-state index contributed by atoms with van der Waals surface area (Å²) in [6.45, 7) is 5.58. The van der Waals surface area contributed by atoms with Crippen molar-refractivity contribution in [1.82, 2.24) is 13.9 Å². The second-order valence-electron chi connectivity index (χ2n) is 4.11. The zero-order chi connectivity index (χ0) is 10.9. The van der Waals surface area contributed by atoms with Crippen molar-refractivity contribution < 1.29 is 8.42 Å². The highest BCUT2D eigenvalue weighted by atomic mass is 32.2. The summed E-state index contributed by atoms with van der Waals surface area (Å²) in [6.07, 6.45) is 1.89. The molecule has 1 unspecified atom stereocenters. The Bertz CT molecular complexity index is 311. The number of rotatable bonds is 2. The zero-order valence-electron chi connectivity index (χ0n) is 9.15. The van der Waals surface area contributed by atoms with Crippen LogP contribution in [0.5, 0.6) is 0 Å². The molecule has 5 nitrogen and oxygen atoms in total. The molecule has 2 aliphatic rings. The fourth-order valence-electron chi connectivity index (χ4n) is 2.36. The molecule has 0 bridgehead atoms. The van der Waals surface area contributed by atoms with Crippen LogP contribution >= 0.6 is 0 Å². The highest BCUT2D eigenvalue weighted by Gasteiger charge is 2.37. The van der Waals surface area contributed by atoms with E-state index in [-0.39, 0.29) is 6.04 Å². The first-order valence-corrected chi connectivity index (χ1v) is 7.03. The number of hydrogen-bond donors (Lipinski definition) is 1. The van der Waals surface area contributed by atoms with E-state index in [1.54, 1.807) is 8.61 Å². The molecule has 1 atom stereocenters. The van der Waals surface area contributed by atoms with Crippen LogP contribution in [0, 0.1) is 0 Å². The molecular formula is C9H19N3O2S. The Kier molecular flexibility index (Phi) is 3.30. The lowest BCUT2D eigenvalue weighted by Crippen LogP contribution is -2.53. The van der Waals surface area contributed by atoms with Gasteiger partial charge in [0.1, 0.15) is 0 Å². The van der Waals surface area contributed by atoms with Gasteiger partial charge in [0.05, 0.1) is 0 Å². The van der Waals surface area contributed by atoms with Crippen LogP contribution in [0.2, 0.25) is 0 Å². The summed E-state index contributed by atoms with van der Waals surface area (Å²) in [5.74, 6) is 0. The molecule has 2 fully saturated rings. The van der Waals surface area contributed by atoms with Crippen molar-refractivity contribution in [1.29, 1.82) is 0 Å². The molecule has 6 heteroatoms. The third-order valence-electron chi connectivity index (χ3n) is 3.20. The third-order valence-corrected chi connectivity index (χ3v) is 5.37. The van der Waals surface area contributed by atoms with E-state index < -0.39 is 10.2 Å².